The third-order valence-corrected chi connectivity index (χ3v) is 4.27. The van der Waals surface area contributed by atoms with Crippen LogP contribution in [0.2, 0.25) is 0 Å². The molecular formula is C18H26N2O2S. The highest BCUT2D eigenvalue weighted by molar-refractivity contribution is 7.80. The molecule has 0 heterocycles. The molecule has 2 rings (SSSR count). The maximum absolute atomic E-state index is 12.2. The number of rotatable bonds is 7. The lowest BCUT2D eigenvalue weighted by atomic mass is 10.2. The molecule has 0 radical (unpaired) electrons. The molecule has 1 aliphatic carbocycles. The highest BCUT2D eigenvalue weighted by Gasteiger charge is 2.16. The smallest absolute Gasteiger partial charge is 0.257 e. The quantitative estimate of drug-likeness (QED) is 0.588. The first kappa shape index (κ1) is 17.7. The summed E-state index contributed by atoms with van der Waals surface area (Å²) in [4.78, 5) is 12.2. The predicted molar refractivity (Wildman–Crippen MR) is 96.9 cm³/mol. The number of nitrogens with one attached hydrogen (secondary N) is 2. The van der Waals surface area contributed by atoms with Crippen molar-refractivity contribution in [3.63, 3.8) is 0 Å². The summed E-state index contributed by atoms with van der Waals surface area (Å²) in [5.74, 6) is 0.613. The second-order valence-electron chi connectivity index (χ2n) is 5.99. The van der Waals surface area contributed by atoms with Gasteiger partial charge < -0.3 is 10.1 Å². The van der Waals surface area contributed by atoms with Gasteiger partial charge >= 0.3 is 0 Å². The number of hydrogen-bond donors (Lipinski definition) is 2. The normalized spacial score (nSPS) is 14.5. The number of thiocarbonyl (C=S) groups is 1. The third-order valence-electron chi connectivity index (χ3n) is 4.05. The summed E-state index contributed by atoms with van der Waals surface area (Å²) < 4.78 is 5.64. The molecule has 1 aliphatic rings. The summed E-state index contributed by atoms with van der Waals surface area (Å²) in [6.07, 6.45) is 8.12. The zero-order valence-corrected chi connectivity index (χ0v) is 14.6. The number of carbonyl (C=O) groups excluding carboxylic acids is 1. The van der Waals surface area contributed by atoms with Crippen LogP contribution in [0.1, 0.15) is 62.2 Å². The Morgan fingerprint density at radius 1 is 1.22 bits per heavy atom. The monoisotopic (exact) mass is 334 g/mol. The largest absolute Gasteiger partial charge is 0.494 e. The Hall–Kier alpha value is -1.62. The molecule has 5 heteroatoms. The molecule has 0 aromatic heterocycles. The Morgan fingerprint density at radius 3 is 2.57 bits per heavy atom. The minimum Gasteiger partial charge on any atom is -0.494 e. The van der Waals surface area contributed by atoms with Crippen LogP contribution in [0.4, 0.5) is 0 Å². The van der Waals surface area contributed by atoms with Gasteiger partial charge in [-0.15, -0.1) is 0 Å². The van der Waals surface area contributed by atoms with Crippen molar-refractivity contribution in [2.24, 2.45) is 0 Å². The Labute approximate surface area is 144 Å². The maximum Gasteiger partial charge on any atom is 0.257 e. The Bertz CT molecular complexity index is 510. The molecule has 0 unspecified atom stereocenters. The number of carbonyl (C=O) groups is 1. The fourth-order valence-electron chi connectivity index (χ4n) is 2.71. The van der Waals surface area contributed by atoms with Crippen molar-refractivity contribution in [2.75, 3.05) is 6.61 Å². The van der Waals surface area contributed by atoms with Crippen LogP contribution in [0.15, 0.2) is 24.3 Å². The van der Waals surface area contributed by atoms with Crippen LogP contribution in [0.3, 0.4) is 0 Å². The molecule has 0 saturated heterocycles. The summed E-state index contributed by atoms with van der Waals surface area (Å²) >= 11 is 5.21. The summed E-state index contributed by atoms with van der Waals surface area (Å²) in [5.41, 5.74) is 0.585. The van der Waals surface area contributed by atoms with Crippen LogP contribution in [0.5, 0.6) is 5.75 Å². The number of ether oxygens (including phenoxy) is 1. The molecule has 1 aromatic rings. The summed E-state index contributed by atoms with van der Waals surface area (Å²) in [5, 5.41) is 6.37. The van der Waals surface area contributed by atoms with Gasteiger partial charge in [0.25, 0.3) is 5.91 Å². The highest BCUT2D eigenvalue weighted by Crippen LogP contribution is 2.17. The van der Waals surface area contributed by atoms with Crippen LogP contribution < -0.4 is 15.4 Å². The Balaban J connectivity index is 1.76. The van der Waals surface area contributed by atoms with E-state index < -0.39 is 0 Å². The molecule has 126 valence electrons. The maximum atomic E-state index is 12.2. The first-order valence-electron chi connectivity index (χ1n) is 8.53. The average molecular weight is 334 g/mol. The summed E-state index contributed by atoms with van der Waals surface area (Å²) in [6, 6.07) is 7.59. The predicted octanol–water partition coefficient (Wildman–Crippen LogP) is 3.80. The van der Waals surface area contributed by atoms with Crippen molar-refractivity contribution < 1.29 is 9.53 Å². The molecule has 23 heavy (non-hydrogen) atoms. The molecular weight excluding hydrogens is 308 g/mol. The van der Waals surface area contributed by atoms with Crippen LogP contribution in [0.25, 0.3) is 0 Å². The SMILES string of the molecule is CCCCCOc1ccc(C(=O)NC(=S)NC2CCCC2)cc1. The van der Waals surface area contributed by atoms with Gasteiger partial charge in [-0.1, -0.05) is 32.6 Å². The first-order valence-corrected chi connectivity index (χ1v) is 8.94. The molecule has 0 bridgehead atoms. The van der Waals surface area contributed by atoms with Crippen molar-refractivity contribution >= 4 is 23.2 Å². The van der Waals surface area contributed by atoms with Crippen LogP contribution >= 0.6 is 12.2 Å². The van der Waals surface area contributed by atoms with E-state index in [1.54, 1.807) is 12.1 Å². The minimum absolute atomic E-state index is 0.182. The third kappa shape index (κ3) is 6.18. The van der Waals surface area contributed by atoms with Gasteiger partial charge in [-0.3, -0.25) is 10.1 Å². The van der Waals surface area contributed by atoms with Gasteiger partial charge in [-0.2, -0.15) is 0 Å². The first-order chi connectivity index (χ1) is 11.2. The van der Waals surface area contributed by atoms with Crippen LogP contribution in [-0.2, 0) is 0 Å². The molecule has 2 N–H and O–H groups in total. The van der Waals surface area contributed by atoms with E-state index in [2.05, 4.69) is 17.6 Å². The van der Waals surface area contributed by atoms with Gasteiger partial charge in [0.15, 0.2) is 5.11 Å². The Morgan fingerprint density at radius 2 is 1.91 bits per heavy atom. The standard InChI is InChI=1S/C18H26N2O2S/c1-2-3-6-13-22-16-11-9-14(10-12-16)17(21)20-18(23)19-15-7-4-5-8-15/h9-12,15H,2-8,13H2,1H3,(H2,19,20,21,23). The van der Waals surface area contributed by atoms with Gasteiger partial charge in [0, 0.05) is 11.6 Å². The van der Waals surface area contributed by atoms with E-state index in [-0.39, 0.29) is 5.91 Å². The van der Waals surface area contributed by atoms with Crippen LogP contribution in [0, 0.1) is 0 Å². The number of amides is 1. The lowest BCUT2D eigenvalue weighted by Crippen LogP contribution is -2.43. The van der Waals surface area contributed by atoms with E-state index in [9.17, 15) is 4.79 Å². The molecule has 1 aromatic carbocycles. The van der Waals surface area contributed by atoms with Gasteiger partial charge in [-0.25, -0.2) is 0 Å². The number of benzene rings is 1. The van der Waals surface area contributed by atoms with E-state index >= 15 is 0 Å². The molecule has 4 nitrogen and oxygen atoms in total. The van der Waals surface area contributed by atoms with E-state index in [1.165, 1.54) is 25.7 Å². The average Bonchev–Trinajstić information content (AvgIpc) is 3.05. The molecule has 0 aliphatic heterocycles. The minimum atomic E-state index is -0.182. The van der Waals surface area contributed by atoms with E-state index in [4.69, 9.17) is 17.0 Å². The molecule has 0 atom stereocenters. The van der Waals surface area contributed by atoms with Gasteiger partial charge in [0.1, 0.15) is 5.75 Å². The van der Waals surface area contributed by atoms with Crippen LogP contribution in [-0.4, -0.2) is 23.7 Å². The van der Waals surface area contributed by atoms with E-state index in [0.29, 0.717) is 16.7 Å². The van der Waals surface area contributed by atoms with Crippen molar-refractivity contribution in [2.45, 2.75) is 57.9 Å². The van der Waals surface area contributed by atoms with Gasteiger partial charge in [0.2, 0.25) is 0 Å². The fourth-order valence-corrected chi connectivity index (χ4v) is 2.97. The lowest BCUT2D eigenvalue weighted by Gasteiger charge is -2.15. The molecule has 1 saturated carbocycles. The second-order valence-corrected chi connectivity index (χ2v) is 6.40. The van der Waals surface area contributed by atoms with Crippen molar-refractivity contribution in [3.05, 3.63) is 29.8 Å². The highest BCUT2D eigenvalue weighted by atomic mass is 32.1. The molecule has 1 fully saturated rings. The molecule has 0 spiro atoms. The lowest BCUT2D eigenvalue weighted by molar-refractivity contribution is 0.0976. The van der Waals surface area contributed by atoms with E-state index in [1.807, 2.05) is 12.1 Å². The fraction of sp³-hybridized carbons (Fsp3) is 0.556. The van der Waals surface area contributed by atoms with Gasteiger partial charge in [-0.05, 0) is 55.7 Å². The zero-order valence-electron chi connectivity index (χ0n) is 13.8. The topological polar surface area (TPSA) is 50.4 Å². The van der Waals surface area contributed by atoms with Crippen molar-refractivity contribution in [1.29, 1.82) is 0 Å². The van der Waals surface area contributed by atoms with Crippen molar-refractivity contribution in [1.82, 2.24) is 10.6 Å². The zero-order chi connectivity index (χ0) is 16.5. The summed E-state index contributed by atoms with van der Waals surface area (Å²) in [7, 11) is 0. The van der Waals surface area contributed by atoms with Gasteiger partial charge in [0.05, 0.1) is 6.61 Å². The Kier molecular flexibility index (Phi) is 7.33. The molecule has 1 amide bonds. The summed E-state index contributed by atoms with van der Waals surface area (Å²) in [6.45, 7) is 2.88. The second kappa shape index (κ2) is 9.50. The van der Waals surface area contributed by atoms with E-state index in [0.717, 1.165) is 31.6 Å². The number of unbranched alkanes of at least 4 members (excludes halogenated alkanes) is 2. The number of hydrogen-bond acceptors (Lipinski definition) is 3. The van der Waals surface area contributed by atoms with Crippen molar-refractivity contribution in [3.8, 4) is 5.75 Å².